The zero-order valence-electron chi connectivity index (χ0n) is 9.68. The van der Waals surface area contributed by atoms with Crippen molar-refractivity contribution < 1.29 is 19.3 Å². The van der Waals surface area contributed by atoms with Crippen LogP contribution in [-0.2, 0) is 15.9 Å². The molecule has 0 saturated heterocycles. The van der Waals surface area contributed by atoms with Gasteiger partial charge in [-0.15, -0.1) is 0 Å². The summed E-state index contributed by atoms with van der Waals surface area (Å²) < 4.78 is 15.3. The van der Waals surface area contributed by atoms with Crippen LogP contribution in [0.1, 0.15) is 5.56 Å². The monoisotopic (exact) mass is 226 g/mol. The third kappa shape index (κ3) is 3.81. The van der Waals surface area contributed by atoms with Gasteiger partial charge in [-0.25, -0.2) is 0 Å². The SMILES string of the molecule is COCO[C@@H](CO)Cc1ccccc1OC. The van der Waals surface area contributed by atoms with E-state index in [1.165, 1.54) is 0 Å². The van der Waals surface area contributed by atoms with E-state index in [1.807, 2.05) is 24.3 Å². The second-order valence-corrected chi connectivity index (χ2v) is 3.39. The number of aliphatic hydroxyl groups excluding tert-OH is 1. The van der Waals surface area contributed by atoms with E-state index < -0.39 is 0 Å². The maximum Gasteiger partial charge on any atom is 0.146 e. The van der Waals surface area contributed by atoms with Gasteiger partial charge in [-0.3, -0.25) is 0 Å². The van der Waals surface area contributed by atoms with Crippen LogP contribution in [0.3, 0.4) is 0 Å². The molecule has 0 amide bonds. The first-order valence-electron chi connectivity index (χ1n) is 5.15. The highest BCUT2D eigenvalue weighted by Crippen LogP contribution is 2.19. The molecule has 0 aromatic heterocycles. The third-order valence-corrected chi connectivity index (χ3v) is 2.27. The van der Waals surface area contributed by atoms with E-state index in [2.05, 4.69) is 0 Å². The van der Waals surface area contributed by atoms with E-state index in [4.69, 9.17) is 19.3 Å². The molecule has 90 valence electrons. The van der Waals surface area contributed by atoms with Gasteiger partial charge in [0.1, 0.15) is 12.5 Å². The molecule has 0 bridgehead atoms. The highest BCUT2D eigenvalue weighted by Gasteiger charge is 2.11. The molecule has 4 heteroatoms. The highest BCUT2D eigenvalue weighted by atomic mass is 16.7. The molecule has 0 aliphatic rings. The number of para-hydroxylation sites is 1. The molecule has 0 aliphatic heterocycles. The quantitative estimate of drug-likeness (QED) is 0.710. The van der Waals surface area contributed by atoms with Crippen molar-refractivity contribution in [2.45, 2.75) is 12.5 Å². The first-order chi connectivity index (χ1) is 7.81. The molecule has 16 heavy (non-hydrogen) atoms. The molecule has 0 aliphatic carbocycles. The van der Waals surface area contributed by atoms with Crippen molar-refractivity contribution in [1.82, 2.24) is 0 Å². The van der Waals surface area contributed by atoms with Gasteiger partial charge in [-0.2, -0.15) is 0 Å². The summed E-state index contributed by atoms with van der Waals surface area (Å²) >= 11 is 0. The lowest BCUT2D eigenvalue weighted by Gasteiger charge is -2.16. The summed E-state index contributed by atoms with van der Waals surface area (Å²) in [6.45, 7) is 0.141. The number of aliphatic hydroxyl groups is 1. The van der Waals surface area contributed by atoms with Gasteiger partial charge in [0.15, 0.2) is 0 Å². The molecule has 1 aromatic carbocycles. The van der Waals surface area contributed by atoms with Crippen molar-refractivity contribution >= 4 is 0 Å². The van der Waals surface area contributed by atoms with Gasteiger partial charge in [0, 0.05) is 13.5 Å². The van der Waals surface area contributed by atoms with Crippen LogP contribution in [0.15, 0.2) is 24.3 Å². The van der Waals surface area contributed by atoms with Crippen LogP contribution >= 0.6 is 0 Å². The first-order valence-corrected chi connectivity index (χ1v) is 5.15. The van der Waals surface area contributed by atoms with Crippen molar-refractivity contribution in [3.05, 3.63) is 29.8 Å². The van der Waals surface area contributed by atoms with E-state index in [9.17, 15) is 0 Å². The van der Waals surface area contributed by atoms with Crippen LogP contribution in [0.25, 0.3) is 0 Å². The Kier molecular flexibility index (Phi) is 5.85. The van der Waals surface area contributed by atoms with Crippen molar-refractivity contribution in [3.8, 4) is 5.75 Å². The molecule has 4 nitrogen and oxygen atoms in total. The Labute approximate surface area is 95.8 Å². The Balaban J connectivity index is 2.62. The van der Waals surface area contributed by atoms with E-state index in [0.717, 1.165) is 11.3 Å². The third-order valence-electron chi connectivity index (χ3n) is 2.27. The highest BCUT2D eigenvalue weighted by molar-refractivity contribution is 5.33. The zero-order valence-corrected chi connectivity index (χ0v) is 9.68. The second kappa shape index (κ2) is 7.22. The molecule has 0 saturated carbocycles. The molecule has 0 unspecified atom stereocenters. The van der Waals surface area contributed by atoms with Gasteiger partial charge in [-0.1, -0.05) is 18.2 Å². The standard InChI is InChI=1S/C12H18O4/c1-14-9-16-11(8-13)7-10-5-3-4-6-12(10)15-2/h3-6,11,13H,7-9H2,1-2H3/t11-/m1/s1. The maximum absolute atomic E-state index is 9.16. The van der Waals surface area contributed by atoms with Crippen LogP contribution in [0.4, 0.5) is 0 Å². The fourth-order valence-electron chi connectivity index (χ4n) is 1.46. The summed E-state index contributed by atoms with van der Waals surface area (Å²) in [4.78, 5) is 0. The average Bonchev–Trinajstić information content (AvgIpc) is 2.34. The van der Waals surface area contributed by atoms with Crippen LogP contribution in [0.2, 0.25) is 0 Å². The molecule has 0 heterocycles. The van der Waals surface area contributed by atoms with E-state index >= 15 is 0 Å². The molecular formula is C12H18O4. The average molecular weight is 226 g/mol. The van der Waals surface area contributed by atoms with Gasteiger partial charge < -0.3 is 19.3 Å². The molecule has 0 fully saturated rings. The Morgan fingerprint density at radius 1 is 1.25 bits per heavy atom. The van der Waals surface area contributed by atoms with Crippen molar-refractivity contribution in [2.24, 2.45) is 0 Å². The molecule has 0 radical (unpaired) electrons. The number of hydrogen-bond donors (Lipinski definition) is 1. The Hall–Kier alpha value is -1.10. The Morgan fingerprint density at radius 3 is 2.62 bits per heavy atom. The Bertz CT molecular complexity index is 301. The number of rotatable bonds is 7. The van der Waals surface area contributed by atoms with Crippen molar-refractivity contribution in [3.63, 3.8) is 0 Å². The number of benzene rings is 1. The minimum atomic E-state index is -0.267. The Morgan fingerprint density at radius 2 is 2.00 bits per heavy atom. The predicted octanol–water partition coefficient (Wildman–Crippen LogP) is 1.22. The molecule has 1 N–H and O–H groups in total. The largest absolute Gasteiger partial charge is 0.496 e. The lowest BCUT2D eigenvalue weighted by molar-refractivity contribution is -0.0864. The summed E-state index contributed by atoms with van der Waals surface area (Å²) in [5, 5.41) is 9.16. The minimum absolute atomic E-state index is 0.0403. The fourth-order valence-corrected chi connectivity index (χ4v) is 1.46. The predicted molar refractivity (Wildman–Crippen MR) is 60.5 cm³/mol. The maximum atomic E-state index is 9.16. The first kappa shape index (κ1) is 13.0. The van der Waals surface area contributed by atoms with Gasteiger partial charge in [-0.05, 0) is 11.6 Å². The van der Waals surface area contributed by atoms with Crippen LogP contribution in [0.5, 0.6) is 5.75 Å². The van der Waals surface area contributed by atoms with Gasteiger partial charge >= 0.3 is 0 Å². The fraction of sp³-hybridized carbons (Fsp3) is 0.500. The summed E-state index contributed by atoms with van der Waals surface area (Å²) in [5.74, 6) is 0.807. The number of methoxy groups -OCH3 is 2. The summed E-state index contributed by atoms with van der Waals surface area (Å²) in [7, 11) is 3.18. The van der Waals surface area contributed by atoms with Gasteiger partial charge in [0.25, 0.3) is 0 Å². The minimum Gasteiger partial charge on any atom is -0.496 e. The molecule has 1 aromatic rings. The zero-order chi connectivity index (χ0) is 11.8. The second-order valence-electron chi connectivity index (χ2n) is 3.39. The van der Waals surface area contributed by atoms with Gasteiger partial charge in [0.05, 0.1) is 19.8 Å². The molecule has 1 atom stereocenters. The normalized spacial score (nSPS) is 12.4. The summed E-state index contributed by atoms with van der Waals surface area (Å²) in [6.07, 6.45) is 0.334. The van der Waals surface area contributed by atoms with Gasteiger partial charge in [0.2, 0.25) is 0 Å². The summed E-state index contributed by atoms with van der Waals surface area (Å²) in [6, 6.07) is 7.69. The number of ether oxygens (including phenoxy) is 3. The van der Waals surface area contributed by atoms with E-state index in [-0.39, 0.29) is 19.5 Å². The van der Waals surface area contributed by atoms with Crippen LogP contribution in [0, 0.1) is 0 Å². The topological polar surface area (TPSA) is 47.9 Å². The van der Waals surface area contributed by atoms with Crippen molar-refractivity contribution in [2.75, 3.05) is 27.6 Å². The molecular weight excluding hydrogens is 208 g/mol. The van der Waals surface area contributed by atoms with Crippen LogP contribution < -0.4 is 4.74 Å². The van der Waals surface area contributed by atoms with Crippen molar-refractivity contribution in [1.29, 1.82) is 0 Å². The van der Waals surface area contributed by atoms with E-state index in [0.29, 0.717) is 6.42 Å². The van der Waals surface area contributed by atoms with E-state index in [1.54, 1.807) is 14.2 Å². The number of hydrogen-bond acceptors (Lipinski definition) is 4. The lowest BCUT2D eigenvalue weighted by atomic mass is 10.1. The van der Waals surface area contributed by atoms with Crippen LogP contribution in [-0.4, -0.2) is 38.8 Å². The lowest BCUT2D eigenvalue weighted by Crippen LogP contribution is -2.22. The smallest absolute Gasteiger partial charge is 0.146 e. The molecule has 0 spiro atoms. The summed E-state index contributed by atoms with van der Waals surface area (Å²) in [5.41, 5.74) is 1.01. The molecule has 1 rings (SSSR count).